The van der Waals surface area contributed by atoms with E-state index < -0.39 is 0 Å². The normalized spacial score (nSPS) is 12.0. The fraction of sp³-hybridized carbons (Fsp3) is 1.00. The molecular formula is C18H39ClN+. The molecule has 0 atom stereocenters. The Kier molecular flexibility index (Phi) is 14.4. The van der Waals surface area contributed by atoms with Gasteiger partial charge in [-0.2, -0.15) is 0 Å². The second-order valence-electron chi connectivity index (χ2n) is 6.96. The summed E-state index contributed by atoms with van der Waals surface area (Å²) in [4.78, 5) is 0. The van der Waals surface area contributed by atoms with Crippen LogP contribution < -0.4 is 0 Å². The molecule has 0 spiro atoms. The molecule has 0 aliphatic carbocycles. The number of halogens is 1. The molecule has 0 N–H and O–H groups in total. The van der Waals surface area contributed by atoms with Gasteiger partial charge in [-0.1, -0.05) is 71.1 Å². The van der Waals surface area contributed by atoms with Crippen LogP contribution in [0.3, 0.4) is 0 Å². The molecule has 0 saturated carbocycles. The van der Waals surface area contributed by atoms with Crippen molar-refractivity contribution in [2.24, 2.45) is 0 Å². The van der Waals surface area contributed by atoms with Crippen molar-refractivity contribution in [1.82, 2.24) is 0 Å². The molecule has 2 heteroatoms. The Morgan fingerprint density at radius 2 is 1.00 bits per heavy atom. The summed E-state index contributed by atoms with van der Waals surface area (Å²) in [7, 11) is 4.59. The van der Waals surface area contributed by atoms with Gasteiger partial charge in [0.2, 0.25) is 0 Å². The Balaban J connectivity index is 3.13. The van der Waals surface area contributed by atoms with Crippen molar-refractivity contribution < 1.29 is 4.48 Å². The quantitative estimate of drug-likeness (QED) is 0.198. The van der Waals surface area contributed by atoms with E-state index in [4.69, 9.17) is 11.6 Å². The maximum absolute atomic E-state index is 5.82. The van der Waals surface area contributed by atoms with Gasteiger partial charge >= 0.3 is 0 Å². The summed E-state index contributed by atoms with van der Waals surface area (Å²) in [5.74, 6) is 0.783. The van der Waals surface area contributed by atoms with Crippen molar-refractivity contribution in [3.05, 3.63) is 0 Å². The average molecular weight is 305 g/mol. The minimum absolute atomic E-state index is 0.783. The summed E-state index contributed by atoms with van der Waals surface area (Å²) in [6, 6.07) is 0. The standard InChI is InChI=1S/C18H39ClN/c1-4-5-6-7-8-9-10-11-12-13-14-15-17-20(2,3)18-16-19/h4-18H2,1-3H3/q+1. The zero-order valence-electron chi connectivity index (χ0n) is 14.4. The Bertz CT molecular complexity index is 192. The smallest absolute Gasteiger partial charge is 0.0920 e. The first kappa shape index (κ1) is 20.2. The number of nitrogens with zero attached hydrogens (tertiary/aromatic N) is 1. The van der Waals surface area contributed by atoms with Gasteiger partial charge in [0, 0.05) is 0 Å². The highest BCUT2D eigenvalue weighted by atomic mass is 35.5. The van der Waals surface area contributed by atoms with Crippen molar-refractivity contribution in [3.8, 4) is 0 Å². The first-order chi connectivity index (χ1) is 9.62. The van der Waals surface area contributed by atoms with Gasteiger partial charge in [-0.15, -0.1) is 11.6 Å². The van der Waals surface area contributed by atoms with Crippen LogP contribution >= 0.6 is 11.6 Å². The maximum atomic E-state index is 5.82. The van der Waals surface area contributed by atoms with Gasteiger partial charge in [0.05, 0.1) is 33.1 Å². The van der Waals surface area contributed by atoms with Crippen LogP contribution in [0.15, 0.2) is 0 Å². The number of rotatable bonds is 15. The Morgan fingerprint density at radius 1 is 0.600 bits per heavy atom. The first-order valence-electron chi connectivity index (χ1n) is 9.00. The fourth-order valence-corrected chi connectivity index (χ4v) is 3.18. The van der Waals surface area contributed by atoms with Gasteiger partial charge in [-0.25, -0.2) is 0 Å². The highest BCUT2D eigenvalue weighted by Gasteiger charge is 2.12. The van der Waals surface area contributed by atoms with Crippen LogP contribution in [0.5, 0.6) is 0 Å². The molecule has 0 unspecified atom stereocenters. The van der Waals surface area contributed by atoms with Crippen molar-refractivity contribution >= 4 is 11.6 Å². The van der Waals surface area contributed by atoms with Gasteiger partial charge in [0.15, 0.2) is 0 Å². The summed E-state index contributed by atoms with van der Waals surface area (Å²) in [5, 5.41) is 0. The topological polar surface area (TPSA) is 0 Å². The SMILES string of the molecule is CCCCCCCCCCCCCC[N+](C)(C)CCCl. The van der Waals surface area contributed by atoms with E-state index in [1.54, 1.807) is 0 Å². The molecular weight excluding hydrogens is 266 g/mol. The molecule has 0 amide bonds. The second-order valence-corrected chi connectivity index (χ2v) is 7.34. The van der Waals surface area contributed by atoms with E-state index in [-0.39, 0.29) is 0 Å². The van der Waals surface area contributed by atoms with E-state index in [1.807, 2.05) is 0 Å². The molecule has 122 valence electrons. The summed E-state index contributed by atoms with van der Waals surface area (Å²) < 4.78 is 1.08. The largest absolute Gasteiger partial charge is 0.327 e. The zero-order chi connectivity index (χ0) is 15.1. The summed E-state index contributed by atoms with van der Waals surface area (Å²) in [6.07, 6.45) is 17.2. The number of alkyl halides is 1. The molecule has 0 aliphatic rings. The lowest BCUT2D eigenvalue weighted by Gasteiger charge is -2.28. The number of hydrogen-bond donors (Lipinski definition) is 0. The minimum atomic E-state index is 0.783. The van der Waals surface area contributed by atoms with Crippen LogP contribution in [0.1, 0.15) is 84.0 Å². The van der Waals surface area contributed by atoms with Gasteiger partial charge in [0.1, 0.15) is 0 Å². The second kappa shape index (κ2) is 14.2. The molecule has 0 bridgehead atoms. The van der Waals surface area contributed by atoms with E-state index in [9.17, 15) is 0 Å². The molecule has 20 heavy (non-hydrogen) atoms. The summed E-state index contributed by atoms with van der Waals surface area (Å²) in [6.45, 7) is 4.67. The lowest BCUT2D eigenvalue weighted by molar-refractivity contribution is -0.888. The third-order valence-corrected chi connectivity index (χ3v) is 4.48. The van der Waals surface area contributed by atoms with E-state index in [1.165, 1.54) is 83.6 Å². The minimum Gasteiger partial charge on any atom is -0.327 e. The third kappa shape index (κ3) is 14.7. The van der Waals surface area contributed by atoms with Crippen molar-refractivity contribution in [3.63, 3.8) is 0 Å². The van der Waals surface area contributed by atoms with Gasteiger partial charge in [-0.05, 0) is 12.8 Å². The molecule has 0 aliphatic heterocycles. The van der Waals surface area contributed by atoms with E-state index in [0.29, 0.717) is 0 Å². The van der Waals surface area contributed by atoms with Crippen LogP contribution in [-0.2, 0) is 0 Å². The highest BCUT2D eigenvalue weighted by Crippen LogP contribution is 2.12. The van der Waals surface area contributed by atoms with Gasteiger partial charge < -0.3 is 4.48 Å². The molecule has 0 fully saturated rings. The lowest BCUT2D eigenvalue weighted by atomic mass is 10.1. The van der Waals surface area contributed by atoms with Crippen LogP contribution in [-0.4, -0.2) is 37.5 Å². The monoisotopic (exact) mass is 304 g/mol. The zero-order valence-corrected chi connectivity index (χ0v) is 15.2. The van der Waals surface area contributed by atoms with Crippen LogP contribution in [0.4, 0.5) is 0 Å². The molecule has 0 heterocycles. The van der Waals surface area contributed by atoms with E-state index in [0.717, 1.165) is 16.9 Å². The van der Waals surface area contributed by atoms with Crippen molar-refractivity contribution in [2.45, 2.75) is 84.0 Å². The van der Waals surface area contributed by atoms with E-state index in [2.05, 4.69) is 21.0 Å². The molecule has 0 aromatic carbocycles. The average Bonchev–Trinajstić information content (AvgIpc) is 2.40. The molecule has 0 rings (SSSR count). The third-order valence-electron chi connectivity index (χ3n) is 4.31. The first-order valence-corrected chi connectivity index (χ1v) is 9.54. The molecule has 0 saturated heterocycles. The lowest BCUT2D eigenvalue weighted by Crippen LogP contribution is -2.41. The Hall–Kier alpha value is 0.250. The number of unbranched alkanes of at least 4 members (excludes halogenated alkanes) is 11. The molecule has 0 aromatic rings. The highest BCUT2D eigenvalue weighted by molar-refractivity contribution is 6.17. The summed E-state index contributed by atoms with van der Waals surface area (Å²) in [5.41, 5.74) is 0. The molecule has 0 aromatic heterocycles. The predicted octanol–water partition coefficient (Wildman–Crippen LogP) is 6.00. The van der Waals surface area contributed by atoms with Crippen LogP contribution in [0, 0.1) is 0 Å². The van der Waals surface area contributed by atoms with Crippen molar-refractivity contribution in [2.75, 3.05) is 33.1 Å². The summed E-state index contributed by atoms with van der Waals surface area (Å²) >= 11 is 5.82. The maximum Gasteiger partial charge on any atom is 0.0920 e. The van der Waals surface area contributed by atoms with Crippen LogP contribution in [0.2, 0.25) is 0 Å². The Labute approximate surface area is 133 Å². The number of hydrogen-bond acceptors (Lipinski definition) is 0. The Morgan fingerprint density at radius 3 is 1.40 bits per heavy atom. The van der Waals surface area contributed by atoms with Gasteiger partial charge in [-0.3, -0.25) is 0 Å². The molecule has 1 nitrogen and oxygen atoms in total. The molecule has 0 radical (unpaired) electrons. The number of quaternary nitrogens is 1. The predicted molar refractivity (Wildman–Crippen MR) is 93.6 cm³/mol. The van der Waals surface area contributed by atoms with Crippen molar-refractivity contribution in [1.29, 1.82) is 0 Å². The van der Waals surface area contributed by atoms with E-state index >= 15 is 0 Å². The van der Waals surface area contributed by atoms with Gasteiger partial charge in [0.25, 0.3) is 0 Å². The van der Waals surface area contributed by atoms with Crippen LogP contribution in [0.25, 0.3) is 0 Å². The fourth-order valence-electron chi connectivity index (χ4n) is 2.72.